The van der Waals surface area contributed by atoms with Crippen molar-refractivity contribution in [3.63, 3.8) is 0 Å². The van der Waals surface area contributed by atoms with Crippen molar-refractivity contribution in [2.75, 3.05) is 7.11 Å². The van der Waals surface area contributed by atoms with E-state index in [0.717, 1.165) is 0 Å². The number of rotatable bonds is 5. The number of Topliss-reactive ketones (excluding diaryl/α,β-unsaturated/α-hetero) is 1. The Morgan fingerprint density at radius 1 is 1.59 bits per heavy atom. The van der Waals surface area contributed by atoms with Crippen molar-refractivity contribution in [1.82, 2.24) is 0 Å². The van der Waals surface area contributed by atoms with E-state index in [1.165, 1.54) is 32.2 Å². The van der Waals surface area contributed by atoms with Gasteiger partial charge >= 0.3 is 0 Å². The topological polar surface area (TPSA) is 89.7 Å². The third-order valence-electron chi connectivity index (χ3n) is 2.26. The second-order valence-electron chi connectivity index (χ2n) is 3.61. The Bertz CT molecular complexity index is 443. The Kier molecular flexibility index (Phi) is 4.17. The summed E-state index contributed by atoms with van der Waals surface area (Å²) in [6.07, 6.45) is -1.19. The van der Waals surface area contributed by atoms with Gasteiger partial charge in [0.05, 0.1) is 18.1 Å². The molecule has 17 heavy (non-hydrogen) atoms. The second kappa shape index (κ2) is 5.40. The highest BCUT2D eigenvalue weighted by atomic mass is 16.6. The zero-order valence-electron chi connectivity index (χ0n) is 9.54. The number of nitro groups is 1. The Hall–Kier alpha value is -1.95. The van der Waals surface area contributed by atoms with Crippen LogP contribution in [0.3, 0.4) is 0 Å². The summed E-state index contributed by atoms with van der Waals surface area (Å²) in [4.78, 5) is 21.0. The number of ether oxygens (including phenoxy) is 1. The first-order valence-electron chi connectivity index (χ1n) is 4.95. The lowest BCUT2D eigenvalue weighted by Gasteiger charge is -2.13. The molecule has 0 bridgehead atoms. The minimum absolute atomic E-state index is 0.0997. The first kappa shape index (κ1) is 13.1. The quantitative estimate of drug-likeness (QED) is 0.622. The van der Waals surface area contributed by atoms with E-state index < -0.39 is 11.0 Å². The molecule has 0 aliphatic heterocycles. The van der Waals surface area contributed by atoms with Crippen LogP contribution in [0.1, 0.15) is 25.0 Å². The number of aliphatic hydroxyl groups excluding tert-OH is 1. The van der Waals surface area contributed by atoms with Crippen molar-refractivity contribution in [3.8, 4) is 5.75 Å². The number of benzene rings is 1. The molecule has 1 atom stereocenters. The summed E-state index contributed by atoms with van der Waals surface area (Å²) in [7, 11) is 1.39. The summed E-state index contributed by atoms with van der Waals surface area (Å²) >= 11 is 0. The third-order valence-corrected chi connectivity index (χ3v) is 2.26. The highest BCUT2D eigenvalue weighted by molar-refractivity contribution is 5.76. The number of ketones is 1. The molecule has 1 rings (SSSR count). The van der Waals surface area contributed by atoms with Gasteiger partial charge in [0.2, 0.25) is 0 Å². The lowest BCUT2D eigenvalue weighted by Crippen LogP contribution is -2.06. The third kappa shape index (κ3) is 3.25. The maximum atomic E-state index is 10.9. The summed E-state index contributed by atoms with van der Waals surface area (Å²) in [6.45, 7) is 1.34. The molecule has 0 aliphatic rings. The van der Waals surface area contributed by atoms with Crippen LogP contribution in [-0.4, -0.2) is 22.9 Å². The highest BCUT2D eigenvalue weighted by Crippen LogP contribution is 2.30. The molecule has 0 fully saturated rings. The van der Waals surface area contributed by atoms with Crippen molar-refractivity contribution in [2.45, 2.75) is 19.4 Å². The second-order valence-corrected chi connectivity index (χ2v) is 3.61. The van der Waals surface area contributed by atoms with Gasteiger partial charge in [-0.15, -0.1) is 0 Å². The van der Waals surface area contributed by atoms with Gasteiger partial charge in [-0.25, -0.2) is 0 Å². The number of hydrogen-bond donors (Lipinski definition) is 1. The number of nitro benzene ring substituents is 1. The van der Waals surface area contributed by atoms with Gasteiger partial charge in [0, 0.05) is 24.1 Å². The van der Waals surface area contributed by atoms with Gasteiger partial charge in [-0.1, -0.05) is 0 Å². The van der Waals surface area contributed by atoms with E-state index in [9.17, 15) is 20.0 Å². The number of non-ortho nitro benzene ring substituents is 1. The van der Waals surface area contributed by atoms with Gasteiger partial charge in [-0.05, 0) is 13.0 Å². The molecule has 0 aliphatic carbocycles. The van der Waals surface area contributed by atoms with Crippen molar-refractivity contribution in [2.24, 2.45) is 0 Å². The van der Waals surface area contributed by atoms with Gasteiger partial charge in [0.25, 0.3) is 5.69 Å². The maximum absolute atomic E-state index is 10.9. The van der Waals surface area contributed by atoms with Gasteiger partial charge in [0.15, 0.2) is 0 Å². The first-order valence-corrected chi connectivity index (χ1v) is 4.95. The van der Waals surface area contributed by atoms with Crippen molar-refractivity contribution in [1.29, 1.82) is 0 Å². The molecular formula is C11H13NO5. The van der Waals surface area contributed by atoms with Crippen LogP contribution in [0.15, 0.2) is 18.2 Å². The fourth-order valence-corrected chi connectivity index (χ4v) is 1.48. The van der Waals surface area contributed by atoms with E-state index in [-0.39, 0.29) is 23.5 Å². The van der Waals surface area contributed by atoms with Crippen LogP contribution >= 0.6 is 0 Å². The molecule has 0 unspecified atom stereocenters. The summed E-state index contributed by atoms with van der Waals surface area (Å²) < 4.78 is 4.99. The van der Waals surface area contributed by atoms with Crippen molar-refractivity contribution in [3.05, 3.63) is 33.9 Å². The number of methoxy groups -OCH3 is 1. The number of hydrogen-bond acceptors (Lipinski definition) is 5. The number of carbonyl (C=O) groups excluding carboxylic acids is 1. The predicted molar refractivity (Wildman–Crippen MR) is 59.9 cm³/mol. The fraction of sp³-hybridized carbons (Fsp3) is 0.364. The van der Waals surface area contributed by atoms with Gasteiger partial charge < -0.3 is 9.84 Å². The monoisotopic (exact) mass is 239 g/mol. The molecule has 1 N–H and O–H groups in total. The molecule has 6 heteroatoms. The molecule has 0 radical (unpaired) electrons. The van der Waals surface area contributed by atoms with E-state index in [2.05, 4.69) is 0 Å². The van der Waals surface area contributed by atoms with Crippen LogP contribution in [0.5, 0.6) is 5.75 Å². The van der Waals surface area contributed by atoms with E-state index >= 15 is 0 Å². The van der Waals surface area contributed by atoms with Crippen LogP contribution in [0.25, 0.3) is 0 Å². The molecule has 92 valence electrons. The van der Waals surface area contributed by atoms with E-state index in [1.807, 2.05) is 0 Å². The van der Waals surface area contributed by atoms with Crippen molar-refractivity contribution < 1.29 is 19.6 Å². The molecule has 1 aromatic carbocycles. The summed E-state index contributed by atoms with van der Waals surface area (Å²) in [6, 6.07) is 3.89. The smallest absolute Gasteiger partial charge is 0.270 e. The standard InChI is InChI=1S/C11H13NO5/c1-7(13)5-10(14)9-6-8(12(15)16)3-4-11(9)17-2/h3-4,6,10,14H,5H2,1-2H3/t10-/m1/s1. The molecule has 0 amide bonds. The Labute approximate surface area is 98.0 Å². The molecule has 0 spiro atoms. The van der Waals surface area contributed by atoms with Crippen LogP contribution in [0, 0.1) is 10.1 Å². The lowest BCUT2D eigenvalue weighted by molar-refractivity contribution is -0.385. The van der Waals surface area contributed by atoms with E-state index in [0.29, 0.717) is 5.75 Å². The number of aliphatic hydroxyl groups is 1. The molecule has 1 aromatic rings. The fourth-order valence-electron chi connectivity index (χ4n) is 1.48. The Morgan fingerprint density at radius 2 is 2.24 bits per heavy atom. The normalized spacial score (nSPS) is 11.9. The maximum Gasteiger partial charge on any atom is 0.270 e. The molecule has 0 aromatic heterocycles. The molecule has 0 saturated heterocycles. The molecule has 0 heterocycles. The Balaban J connectivity index is 3.13. The highest BCUT2D eigenvalue weighted by Gasteiger charge is 2.19. The van der Waals surface area contributed by atoms with Crippen LogP contribution in [0.4, 0.5) is 5.69 Å². The zero-order chi connectivity index (χ0) is 13.0. The summed E-state index contributed by atoms with van der Waals surface area (Å²) in [5, 5.41) is 20.4. The SMILES string of the molecule is COc1ccc([N+](=O)[O-])cc1[C@H](O)CC(C)=O. The number of carbonyl (C=O) groups is 1. The van der Waals surface area contributed by atoms with Crippen LogP contribution < -0.4 is 4.74 Å². The van der Waals surface area contributed by atoms with Gasteiger partial charge in [0.1, 0.15) is 11.5 Å². The van der Waals surface area contributed by atoms with E-state index in [1.54, 1.807) is 0 Å². The predicted octanol–water partition coefficient (Wildman–Crippen LogP) is 1.62. The average molecular weight is 239 g/mol. The summed E-state index contributed by atoms with van der Waals surface area (Å²) in [5.41, 5.74) is 0.0975. The van der Waals surface area contributed by atoms with Crippen LogP contribution in [-0.2, 0) is 4.79 Å². The summed E-state index contributed by atoms with van der Waals surface area (Å²) in [5.74, 6) is 0.121. The van der Waals surface area contributed by atoms with Gasteiger partial charge in [-0.3, -0.25) is 14.9 Å². The number of nitrogens with zero attached hydrogens (tertiary/aromatic N) is 1. The van der Waals surface area contributed by atoms with Gasteiger partial charge in [-0.2, -0.15) is 0 Å². The first-order chi connectivity index (χ1) is 7.95. The Morgan fingerprint density at radius 3 is 2.71 bits per heavy atom. The van der Waals surface area contributed by atoms with Crippen LogP contribution in [0.2, 0.25) is 0 Å². The molecule has 6 nitrogen and oxygen atoms in total. The largest absolute Gasteiger partial charge is 0.496 e. The average Bonchev–Trinajstić information content (AvgIpc) is 2.27. The molecule has 0 saturated carbocycles. The van der Waals surface area contributed by atoms with Crippen molar-refractivity contribution >= 4 is 11.5 Å². The van der Waals surface area contributed by atoms with E-state index in [4.69, 9.17) is 4.74 Å². The molecular weight excluding hydrogens is 226 g/mol. The minimum Gasteiger partial charge on any atom is -0.496 e. The zero-order valence-corrected chi connectivity index (χ0v) is 9.54. The lowest BCUT2D eigenvalue weighted by atomic mass is 10.0. The minimum atomic E-state index is -1.10.